The first kappa shape index (κ1) is 21.7. The van der Waals surface area contributed by atoms with E-state index in [9.17, 15) is 14.0 Å². The lowest BCUT2D eigenvalue weighted by molar-refractivity contribution is -0.124. The summed E-state index contributed by atoms with van der Waals surface area (Å²) in [4.78, 5) is 29.7. The van der Waals surface area contributed by atoms with Gasteiger partial charge in [-0.3, -0.25) is 14.6 Å². The van der Waals surface area contributed by atoms with Crippen molar-refractivity contribution in [1.29, 1.82) is 5.26 Å². The van der Waals surface area contributed by atoms with Crippen LogP contribution in [-0.4, -0.2) is 40.2 Å². The van der Waals surface area contributed by atoms with Crippen LogP contribution in [0.15, 0.2) is 36.4 Å². The number of halogens is 1. The zero-order valence-electron chi connectivity index (χ0n) is 16.5. The van der Waals surface area contributed by atoms with E-state index in [4.69, 9.17) is 5.26 Å². The number of aryl methyl sites for hydroxylation is 1. The number of hydrogen-bond donors (Lipinski definition) is 3. The van der Waals surface area contributed by atoms with E-state index in [-0.39, 0.29) is 23.8 Å². The summed E-state index contributed by atoms with van der Waals surface area (Å²) in [5.74, 6) is -1.23. The topological polar surface area (TPSA) is 110 Å². The van der Waals surface area contributed by atoms with Gasteiger partial charge in [0.1, 0.15) is 17.9 Å². The summed E-state index contributed by atoms with van der Waals surface area (Å²) in [5, 5.41) is 14.5. The van der Waals surface area contributed by atoms with Gasteiger partial charge in [0.2, 0.25) is 11.8 Å². The molecule has 3 N–H and O–H groups in total. The number of benzene rings is 1. The van der Waals surface area contributed by atoms with Crippen molar-refractivity contribution in [3.05, 3.63) is 59.2 Å². The van der Waals surface area contributed by atoms with Crippen molar-refractivity contribution in [2.24, 2.45) is 0 Å². The number of pyridine rings is 1. The highest BCUT2D eigenvalue weighted by atomic mass is 32.2. The molecule has 1 aromatic heterocycles. The second-order valence-corrected chi connectivity index (χ2v) is 7.84. The molecule has 1 aliphatic heterocycles. The number of rotatable bonds is 5. The number of anilines is 1. The molecular formula is C20H21FN6O2S. The summed E-state index contributed by atoms with van der Waals surface area (Å²) in [7, 11) is 1.73. The van der Waals surface area contributed by atoms with Gasteiger partial charge in [0.05, 0.1) is 23.8 Å². The van der Waals surface area contributed by atoms with Gasteiger partial charge in [0.15, 0.2) is 0 Å². The molecule has 2 unspecified atom stereocenters. The molecule has 10 heteroatoms. The highest BCUT2D eigenvalue weighted by Gasteiger charge is 2.35. The molecule has 2 amide bonds. The van der Waals surface area contributed by atoms with E-state index in [0.717, 1.165) is 17.5 Å². The third-order valence-electron chi connectivity index (χ3n) is 4.60. The molecule has 0 radical (unpaired) electrons. The zero-order chi connectivity index (χ0) is 21.7. The van der Waals surface area contributed by atoms with Crippen LogP contribution in [-0.2, 0) is 16.1 Å². The molecule has 156 valence electrons. The van der Waals surface area contributed by atoms with Gasteiger partial charge >= 0.3 is 0 Å². The summed E-state index contributed by atoms with van der Waals surface area (Å²) in [6.45, 7) is 2.17. The molecule has 0 spiro atoms. The maximum atomic E-state index is 13.5. The predicted molar refractivity (Wildman–Crippen MR) is 111 cm³/mol. The Kier molecular flexibility index (Phi) is 6.99. The Morgan fingerprint density at radius 1 is 1.37 bits per heavy atom. The van der Waals surface area contributed by atoms with Gasteiger partial charge in [0.25, 0.3) is 0 Å². The molecule has 2 aromatic rings. The molecule has 0 aliphatic carbocycles. The number of nitrogens with one attached hydrogen (secondary N) is 3. The van der Waals surface area contributed by atoms with E-state index in [2.05, 4.69) is 20.3 Å². The average molecular weight is 428 g/mol. The third kappa shape index (κ3) is 5.33. The van der Waals surface area contributed by atoms with Crippen LogP contribution in [0.4, 0.5) is 10.1 Å². The fourth-order valence-electron chi connectivity index (χ4n) is 2.98. The third-order valence-corrected chi connectivity index (χ3v) is 5.53. The van der Waals surface area contributed by atoms with Crippen LogP contribution in [0.1, 0.15) is 23.4 Å². The maximum Gasteiger partial charge on any atom is 0.242 e. The van der Waals surface area contributed by atoms with Gasteiger partial charge in [-0.2, -0.15) is 5.26 Å². The fraction of sp³-hybridized carbons (Fsp3) is 0.300. The summed E-state index contributed by atoms with van der Waals surface area (Å²) in [6, 6.07) is 9.95. The van der Waals surface area contributed by atoms with E-state index in [1.807, 2.05) is 25.1 Å². The van der Waals surface area contributed by atoms with Crippen LogP contribution in [0.5, 0.6) is 0 Å². The first-order valence-corrected chi connectivity index (χ1v) is 10.0. The van der Waals surface area contributed by atoms with Crippen molar-refractivity contribution in [2.75, 3.05) is 12.4 Å². The van der Waals surface area contributed by atoms with E-state index in [1.54, 1.807) is 17.4 Å². The average Bonchev–Trinajstić information content (AvgIpc) is 2.73. The lowest BCUT2D eigenvalue weighted by Gasteiger charge is -2.34. The molecule has 30 heavy (non-hydrogen) atoms. The van der Waals surface area contributed by atoms with Crippen LogP contribution in [0, 0.1) is 24.1 Å². The first-order chi connectivity index (χ1) is 14.4. The number of hydrogen-bond acceptors (Lipinski definition) is 7. The second-order valence-electron chi connectivity index (χ2n) is 6.84. The molecule has 0 saturated carbocycles. The van der Waals surface area contributed by atoms with Crippen LogP contribution in [0.3, 0.4) is 0 Å². The van der Waals surface area contributed by atoms with Gasteiger partial charge < -0.3 is 10.6 Å². The summed E-state index contributed by atoms with van der Waals surface area (Å²) in [6.07, 6.45) is 0.245. The molecular weight excluding hydrogens is 407 g/mol. The Labute approximate surface area is 178 Å². The van der Waals surface area contributed by atoms with Crippen molar-refractivity contribution in [3.8, 4) is 6.07 Å². The lowest BCUT2D eigenvalue weighted by Crippen LogP contribution is -2.54. The number of carbonyl (C=O) groups is 2. The highest BCUT2D eigenvalue weighted by Crippen LogP contribution is 2.23. The van der Waals surface area contributed by atoms with Crippen LogP contribution >= 0.6 is 12.1 Å². The Hall–Kier alpha value is -3.00. The number of nitriles is 1. The second kappa shape index (κ2) is 9.67. The number of nitrogens with zero attached hydrogens (tertiary/aromatic N) is 3. The minimum absolute atomic E-state index is 0.150. The Balaban J connectivity index is 1.61. The molecule has 0 bridgehead atoms. The van der Waals surface area contributed by atoms with Crippen molar-refractivity contribution in [1.82, 2.24) is 19.3 Å². The minimum atomic E-state index is -0.648. The molecule has 1 saturated heterocycles. The SMILES string of the molecule is Cc1cccc(CNC(=O)C2CC(C(=O)Nc3ccc(F)c(C#N)c3)N(C)SN2)n1. The van der Waals surface area contributed by atoms with E-state index in [1.165, 1.54) is 24.3 Å². The van der Waals surface area contributed by atoms with Crippen molar-refractivity contribution in [3.63, 3.8) is 0 Å². The monoisotopic (exact) mass is 428 g/mol. The van der Waals surface area contributed by atoms with Gasteiger partial charge in [-0.15, -0.1) is 0 Å². The van der Waals surface area contributed by atoms with Crippen molar-refractivity contribution in [2.45, 2.75) is 32.0 Å². The summed E-state index contributed by atoms with van der Waals surface area (Å²) >= 11 is 1.17. The summed E-state index contributed by atoms with van der Waals surface area (Å²) in [5.41, 5.74) is 1.79. The van der Waals surface area contributed by atoms with Crippen molar-refractivity contribution >= 4 is 29.6 Å². The first-order valence-electron chi connectivity index (χ1n) is 9.23. The summed E-state index contributed by atoms with van der Waals surface area (Å²) < 4.78 is 18.2. The molecule has 3 rings (SSSR count). The smallest absolute Gasteiger partial charge is 0.242 e. The van der Waals surface area contributed by atoms with Gasteiger partial charge in [-0.25, -0.2) is 13.4 Å². The lowest BCUT2D eigenvalue weighted by atomic mass is 10.1. The number of carbonyl (C=O) groups excluding carboxylic acids is 2. The van der Waals surface area contributed by atoms with Gasteiger partial charge in [0, 0.05) is 23.5 Å². The van der Waals surface area contributed by atoms with E-state index in [0.29, 0.717) is 12.2 Å². The van der Waals surface area contributed by atoms with Crippen LogP contribution in [0.2, 0.25) is 0 Å². The normalized spacial score (nSPS) is 19.0. The Morgan fingerprint density at radius 3 is 2.90 bits per heavy atom. The number of likely N-dealkylation sites (N-methyl/N-ethyl adjacent to an activating group) is 1. The zero-order valence-corrected chi connectivity index (χ0v) is 17.3. The molecule has 2 atom stereocenters. The van der Waals surface area contributed by atoms with Gasteiger partial charge in [-0.05, 0) is 50.7 Å². The van der Waals surface area contributed by atoms with E-state index >= 15 is 0 Å². The number of amides is 2. The predicted octanol–water partition coefficient (Wildman–Crippen LogP) is 1.88. The molecule has 1 aromatic carbocycles. The van der Waals surface area contributed by atoms with Crippen molar-refractivity contribution < 1.29 is 14.0 Å². The van der Waals surface area contributed by atoms with Gasteiger partial charge in [-0.1, -0.05) is 6.07 Å². The Morgan fingerprint density at radius 2 is 2.17 bits per heavy atom. The Bertz CT molecular complexity index is 996. The molecule has 1 fully saturated rings. The minimum Gasteiger partial charge on any atom is -0.349 e. The quantitative estimate of drug-likeness (QED) is 0.624. The molecule has 1 aliphatic rings. The maximum absolute atomic E-state index is 13.5. The molecule has 8 nitrogen and oxygen atoms in total. The van der Waals surface area contributed by atoms with Crippen LogP contribution in [0.25, 0.3) is 0 Å². The fourth-order valence-corrected chi connectivity index (χ4v) is 3.78. The highest BCUT2D eigenvalue weighted by molar-refractivity contribution is 7.95. The largest absolute Gasteiger partial charge is 0.349 e. The standard InChI is InChI=1S/C20H21FN6O2S/c1-12-4-3-5-15(24-12)11-23-19(28)17-9-18(27(2)30-26-17)20(29)25-14-6-7-16(21)13(8-14)10-22/h3-8,17-18,26H,9,11H2,1-2H3,(H,23,28)(H,25,29). The van der Waals surface area contributed by atoms with E-state index < -0.39 is 17.9 Å². The van der Waals surface area contributed by atoms with Crippen LogP contribution < -0.4 is 15.4 Å². The molecule has 2 heterocycles. The number of aromatic nitrogens is 1.